The molecule has 2 aromatic rings. The van der Waals surface area contributed by atoms with Crippen LogP contribution in [0, 0.1) is 19.8 Å². The van der Waals surface area contributed by atoms with Crippen molar-refractivity contribution < 1.29 is 17.7 Å². The number of sulfonamides is 1. The zero-order chi connectivity index (χ0) is 19.0. The summed E-state index contributed by atoms with van der Waals surface area (Å²) in [6.45, 7) is 4.43. The highest BCUT2D eigenvalue weighted by Crippen LogP contribution is 2.35. The molecule has 7 heteroatoms. The topological polar surface area (TPSA) is 72.6 Å². The predicted octanol–water partition coefficient (Wildman–Crippen LogP) is 3.82. The highest BCUT2D eigenvalue weighted by atomic mass is 32.2. The van der Waals surface area contributed by atoms with E-state index in [1.807, 2.05) is 24.3 Å². The van der Waals surface area contributed by atoms with Crippen molar-refractivity contribution in [1.82, 2.24) is 9.46 Å². The molecule has 0 spiro atoms. The molecule has 0 N–H and O–H groups in total. The molecule has 2 saturated carbocycles. The highest BCUT2D eigenvalue weighted by Gasteiger charge is 2.40. The molecule has 0 atom stereocenters. The van der Waals surface area contributed by atoms with Gasteiger partial charge in [-0.1, -0.05) is 23.7 Å². The van der Waals surface area contributed by atoms with E-state index >= 15 is 0 Å². The van der Waals surface area contributed by atoms with Crippen molar-refractivity contribution in [2.75, 3.05) is 6.61 Å². The molecule has 1 aromatic heterocycles. The Balaban J connectivity index is 1.48. The molecule has 6 nitrogen and oxygen atoms in total. The Morgan fingerprint density at radius 2 is 1.85 bits per heavy atom. The van der Waals surface area contributed by atoms with Crippen LogP contribution in [-0.2, 0) is 16.6 Å². The second kappa shape index (κ2) is 7.28. The number of hydrogen-bond acceptors (Lipinski definition) is 5. The summed E-state index contributed by atoms with van der Waals surface area (Å²) in [6.07, 6.45) is 5.61. The Morgan fingerprint density at radius 1 is 1.15 bits per heavy atom. The predicted molar refractivity (Wildman–Crippen MR) is 101 cm³/mol. The molecule has 1 heterocycles. The smallest absolute Gasteiger partial charge is 0.249 e. The van der Waals surface area contributed by atoms with Crippen LogP contribution in [0.1, 0.15) is 49.1 Å². The first-order chi connectivity index (χ1) is 12.9. The molecule has 0 aliphatic heterocycles. The van der Waals surface area contributed by atoms with E-state index in [0.29, 0.717) is 23.9 Å². The minimum absolute atomic E-state index is 0.0539. The number of aromatic nitrogens is 1. The number of nitrogens with zero attached hydrogens (tertiary/aromatic N) is 2. The normalized spacial score (nSPS) is 17.9. The lowest BCUT2D eigenvalue weighted by Gasteiger charge is -2.25. The minimum atomic E-state index is -3.64. The third kappa shape index (κ3) is 3.89. The van der Waals surface area contributed by atoms with Crippen LogP contribution in [0.2, 0.25) is 0 Å². The van der Waals surface area contributed by atoms with E-state index in [1.54, 1.807) is 18.2 Å². The van der Waals surface area contributed by atoms with Crippen molar-refractivity contribution in [3.05, 3.63) is 41.3 Å². The highest BCUT2D eigenvalue weighted by molar-refractivity contribution is 7.89. The van der Waals surface area contributed by atoms with E-state index in [0.717, 1.165) is 30.8 Å². The van der Waals surface area contributed by atoms with E-state index < -0.39 is 10.0 Å². The molecule has 0 radical (unpaired) electrons. The van der Waals surface area contributed by atoms with Gasteiger partial charge in [-0.05, 0) is 63.1 Å². The monoisotopic (exact) mass is 390 g/mol. The molecule has 27 heavy (non-hydrogen) atoms. The average molecular weight is 391 g/mol. The Bertz CT molecular complexity index is 877. The lowest BCUT2D eigenvalue weighted by atomic mass is 9.86. The number of ether oxygens (including phenoxy) is 1. The van der Waals surface area contributed by atoms with Gasteiger partial charge in [0.25, 0.3) is 0 Å². The van der Waals surface area contributed by atoms with E-state index in [4.69, 9.17) is 9.26 Å². The van der Waals surface area contributed by atoms with Crippen molar-refractivity contribution in [3.8, 4) is 5.75 Å². The van der Waals surface area contributed by atoms with Crippen LogP contribution in [0.5, 0.6) is 5.75 Å². The van der Waals surface area contributed by atoms with Crippen molar-refractivity contribution >= 4 is 10.0 Å². The third-order valence-electron chi connectivity index (χ3n) is 5.46. The van der Waals surface area contributed by atoms with E-state index in [1.165, 1.54) is 19.3 Å². The van der Waals surface area contributed by atoms with E-state index in [-0.39, 0.29) is 10.9 Å². The fourth-order valence-electron chi connectivity index (χ4n) is 3.48. The van der Waals surface area contributed by atoms with Gasteiger partial charge < -0.3 is 9.26 Å². The number of hydrogen-bond donors (Lipinski definition) is 0. The molecule has 0 amide bonds. The number of rotatable bonds is 8. The molecule has 4 rings (SSSR count). The van der Waals surface area contributed by atoms with Gasteiger partial charge in [0.1, 0.15) is 16.3 Å². The maximum Gasteiger partial charge on any atom is 0.249 e. The standard InChI is InChI=1S/C20H26N2O4S/c1-14-20(15(2)26-21-14)27(23,24)22(18-8-9-18)12-16-6-10-19(11-7-16)25-13-17-4-3-5-17/h6-7,10-11,17-18H,3-5,8-9,12-13H2,1-2H3. The first kappa shape index (κ1) is 18.5. The largest absolute Gasteiger partial charge is 0.493 e. The van der Waals surface area contributed by atoms with Gasteiger partial charge in [-0.3, -0.25) is 0 Å². The molecule has 0 unspecified atom stereocenters. The Hall–Kier alpha value is -1.86. The minimum Gasteiger partial charge on any atom is -0.493 e. The SMILES string of the molecule is Cc1noc(C)c1S(=O)(=O)N(Cc1ccc(OCC2CCC2)cc1)C1CC1. The van der Waals surface area contributed by atoms with Crippen LogP contribution >= 0.6 is 0 Å². The quantitative estimate of drug-likeness (QED) is 0.685. The van der Waals surface area contributed by atoms with Crippen LogP contribution < -0.4 is 4.74 Å². The van der Waals surface area contributed by atoms with Gasteiger partial charge in [0, 0.05) is 12.6 Å². The summed E-state index contributed by atoms with van der Waals surface area (Å²) in [5.74, 6) is 1.88. The summed E-state index contributed by atoms with van der Waals surface area (Å²) in [4.78, 5) is 0.204. The zero-order valence-corrected chi connectivity index (χ0v) is 16.7. The van der Waals surface area contributed by atoms with Crippen molar-refractivity contribution in [2.24, 2.45) is 5.92 Å². The molecule has 146 valence electrons. The molecular formula is C20H26N2O4S. The van der Waals surface area contributed by atoms with Gasteiger partial charge in [0.2, 0.25) is 10.0 Å². The molecular weight excluding hydrogens is 364 g/mol. The first-order valence-electron chi connectivity index (χ1n) is 9.61. The maximum atomic E-state index is 13.2. The van der Waals surface area contributed by atoms with Gasteiger partial charge in [-0.25, -0.2) is 8.42 Å². The molecule has 1 aromatic carbocycles. The summed E-state index contributed by atoms with van der Waals surface area (Å²) in [5.41, 5.74) is 1.37. The van der Waals surface area contributed by atoms with Crippen molar-refractivity contribution in [3.63, 3.8) is 0 Å². The van der Waals surface area contributed by atoms with Crippen LogP contribution in [0.4, 0.5) is 0 Å². The summed E-state index contributed by atoms with van der Waals surface area (Å²) in [6, 6.07) is 7.82. The van der Waals surface area contributed by atoms with Gasteiger partial charge in [0.05, 0.1) is 6.61 Å². The Labute approximate surface area is 160 Å². The van der Waals surface area contributed by atoms with Crippen molar-refractivity contribution in [2.45, 2.75) is 63.4 Å². The van der Waals surface area contributed by atoms with Crippen LogP contribution in [0.15, 0.2) is 33.7 Å². The molecule has 2 aliphatic carbocycles. The molecule has 2 aliphatic rings. The van der Waals surface area contributed by atoms with E-state index in [9.17, 15) is 8.42 Å². The maximum absolute atomic E-state index is 13.2. The second-order valence-corrected chi connectivity index (χ2v) is 9.51. The summed E-state index contributed by atoms with van der Waals surface area (Å²) in [5, 5.41) is 3.81. The summed E-state index contributed by atoms with van der Waals surface area (Å²) < 4.78 is 38.9. The second-order valence-electron chi connectivity index (χ2n) is 7.69. The third-order valence-corrected chi connectivity index (χ3v) is 7.60. The lowest BCUT2D eigenvalue weighted by molar-refractivity contribution is 0.180. The van der Waals surface area contributed by atoms with E-state index in [2.05, 4.69) is 5.16 Å². The molecule has 0 saturated heterocycles. The Kier molecular flexibility index (Phi) is 4.99. The molecule has 2 fully saturated rings. The number of aryl methyl sites for hydroxylation is 2. The summed E-state index contributed by atoms with van der Waals surface area (Å²) in [7, 11) is -3.64. The van der Waals surface area contributed by atoms with Crippen LogP contribution in [0.25, 0.3) is 0 Å². The van der Waals surface area contributed by atoms with Gasteiger partial charge in [0.15, 0.2) is 5.76 Å². The van der Waals surface area contributed by atoms with Gasteiger partial charge >= 0.3 is 0 Å². The van der Waals surface area contributed by atoms with Crippen molar-refractivity contribution in [1.29, 1.82) is 0 Å². The van der Waals surface area contributed by atoms with Crippen LogP contribution in [0.3, 0.4) is 0 Å². The number of benzene rings is 1. The fraction of sp³-hybridized carbons (Fsp3) is 0.550. The Morgan fingerprint density at radius 3 is 2.37 bits per heavy atom. The first-order valence-corrected chi connectivity index (χ1v) is 11.1. The lowest BCUT2D eigenvalue weighted by Crippen LogP contribution is -2.33. The van der Waals surface area contributed by atoms with Gasteiger partial charge in [-0.15, -0.1) is 0 Å². The summed E-state index contributed by atoms with van der Waals surface area (Å²) >= 11 is 0. The van der Waals surface area contributed by atoms with Crippen LogP contribution in [-0.4, -0.2) is 30.5 Å². The fourth-order valence-corrected chi connectivity index (χ4v) is 5.45. The average Bonchev–Trinajstić information content (AvgIpc) is 3.36. The zero-order valence-electron chi connectivity index (χ0n) is 15.8. The molecule has 0 bridgehead atoms. The van der Waals surface area contributed by atoms with Gasteiger partial charge in [-0.2, -0.15) is 4.31 Å².